The van der Waals surface area contributed by atoms with Crippen LogP contribution >= 0.6 is 11.6 Å². The van der Waals surface area contributed by atoms with E-state index in [1.807, 2.05) is 12.1 Å². The van der Waals surface area contributed by atoms with E-state index in [0.717, 1.165) is 31.5 Å². The van der Waals surface area contributed by atoms with Gasteiger partial charge >= 0.3 is 0 Å². The molecule has 0 radical (unpaired) electrons. The Morgan fingerprint density at radius 1 is 1.08 bits per heavy atom. The van der Waals surface area contributed by atoms with Gasteiger partial charge in [-0.1, -0.05) is 23.7 Å². The molecule has 5 nitrogen and oxygen atoms in total. The van der Waals surface area contributed by atoms with E-state index >= 15 is 0 Å². The molecule has 2 heterocycles. The standard InChI is InChI=1S/C18H18ClN3O2/c19-16-5-3-13(4-6-16)10-21-17(23)14-9-15(12-20-11-14)18(24)22-7-1-2-8-22/h3-6,9,11-12H,1-2,7-8,10H2,(H,21,23). The van der Waals surface area contributed by atoms with E-state index in [1.165, 1.54) is 12.4 Å². The highest BCUT2D eigenvalue weighted by Crippen LogP contribution is 2.13. The summed E-state index contributed by atoms with van der Waals surface area (Å²) in [5, 5.41) is 3.48. The Kier molecular flexibility index (Phi) is 5.11. The molecule has 2 aromatic rings. The maximum Gasteiger partial charge on any atom is 0.255 e. The number of carbonyl (C=O) groups excluding carboxylic acids is 2. The molecule has 124 valence electrons. The highest BCUT2D eigenvalue weighted by atomic mass is 35.5. The van der Waals surface area contributed by atoms with E-state index in [4.69, 9.17) is 11.6 Å². The predicted molar refractivity (Wildman–Crippen MR) is 92.0 cm³/mol. The largest absolute Gasteiger partial charge is 0.348 e. The number of rotatable bonds is 4. The zero-order valence-electron chi connectivity index (χ0n) is 13.2. The Balaban J connectivity index is 1.65. The minimum Gasteiger partial charge on any atom is -0.348 e. The van der Waals surface area contributed by atoms with Gasteiger partial charge in [-0.2, -0.15) is 0 Å². The van der Waals surface area contributed by atoms with Gasteiger partial charge in [0.1, 0.15) is 0 Å². The lowest BCUT2D eigenvalue weighted by Gasteiger charge is -2.15. The molecule has 0 unspecified atom stereocenters. The van der Waals surface area contributed by atoms with Gasteiger partial charge in [0.05, 0.1) is 11.1 Å². The van der Waals surface area contributed by atoms with E-state index in [2.05, 4.69) is 10.3 Å². The third-order valence-corrected chi connectivity index (χ3v) is 4.26. The van der Waals surface area contributed by atoms with Gasteiger partial charge in [-0.3, -0.25) is 14.6 Å². The molecule has 6 heteroatoms. The zero-order valence-corrected chi connectivity index (χ0v) is 13.9. The quantitative estimate of drug-likeness (QED) is 0.928. The van der Waals surface area contributed by atoms with Crippen molar-refractivity contribution in [3.05, 3.63) is 64.4 Å². The molecule has 1 aliphatic heterocycles. The zero-order chi connectivity index (χ0) is 16.9. The molecule has 0 spiro atoms. The summed E-state index contributed by atoms with van der Waals surface area (Å²) >= 11 is 5.84. The molecule has 1 aliphatic rings. The number of benzene rings is 1. The lowest BCUT2D eigenvalue weighted by Crippen LogP contribution is -2.28. The van der Waals surface area contributed by atoms with Crippen molar-refractivity contribution < 1.29 is 9.59 Å². The minimum atomic E-state index is -0.256. The van der Waals surface area contributed by atoms with Gasteiger partial charge in [0.2, 0.25) is 0 Å². The first-order valence-electron chi connectivity index (χ1n) is 7.90. The van der Waals surface area contributed by atoms with Crippen molar-refractivity contribution in [3.63, 3.8) is 0 Å². The number of pyridine rings is 1. The number of amides is 2. The molecule has 0 aliphatic carbocycles. The molecule has 1 aromatic carbocycles. The first-order chi connectivity index (χ1) is 11.6. The second-order valence-corrected chi connectivity index (χ2v) is 6.21. The summed E-state index contributed by atoms with van der Waals surface area (Å²) in [5.41, 5.74) is 1.79. The summed E-state index contributed by atoms with van der Waals surface area (Å²) in [6.07, 6.45) is 5.04. The van der Waals surface area contributed by atoms with E-state index in [1.54, 1.807) is 23.1 Å². The number of nitrogens with one attached hydrogen (secondary N) is 1. The van der Waals surface area contributed by atoms with Crippen LogP contribution in [0.1, 0.15) is 39.1 Å². The van der Waals surface area contributed by atoms with Crippen molar-refractivity contribution in [1.29, 1.82) is 0 Å². The summed E-state index contributed by atoms with van der Waals surface area (Å²) in [5.74, 6) is -0.319. The molecule has 0 bridgehead atoms. The molecule has 24 heavy (non-hydrogen) atoms. The first-order valence-corrected chi connectivity index (χ1v) is 8.28. The number of likely N-dealkylation sites (tertiary alicyclic amines) is 1. The smallest absolute Gasteiger partial charge is 0.255 e. The van der Waals surface area contributed by atoms with Crippen molar-refractivity contribution in [1.82, 2.24) is 15.2 Å². The van der Waals surface area contributed by atoms with Gasteiger partial charge in [-0.05, 0) is 36.6 Å². The summed E-state index contributed by atoms with van der Waals surface area (Å²) in [7, 11) is 0. The van der Waals surface area contributed by atoms with Crippen molar-refractivity contribution in [2.45, 2.75) is 19.4 Å². The number of halogens is 1. The van der Waals surface area contributed by atoms with E-state index in [0.29, 0.717) is 22.7 Å². The molecule has 1 fully saturated rings. The first kappa shape index (κ1) is 16.5. The van der Waals surface area contributed by atoms with Crippen LogP contribution in [0, 0.1) is 0 Å². The van der Waals surface area contributed by atoms with Crippen LogP contribution in [0.4, 0.5) is 0 Å². The number of aromatic nitrogens is 1. The van der Waals surface area contributed by atoms with Gasteiger partial charge in [-0.15, -0.1) is 0 Å². The Morgan fingerprint density at radius 3 is 2.46 bits per heavy atom. The van der Waals surface area contributed by atoms with Crippen molar-refractivity contribution in [2.75, 3.05) is 13.1 Å². The molecule has 0 saturated carbocycles. The van der Waals surface area contributed by atoms with Crippen molar-refractivity contribution >= 4 is 23.4 Å². The number of carbonyl (C=O) groups is 2. The van der Waals surface area contributed by atoms with Crippen LogP contribution in [0.25, 0.3) is 0 Å². The second-order valence-electron chi connectivity index (χ2n) is 5.77. The maximum absolute atomic E-state index is 12.4. The summed E-state index contributed by atoms with van der Waals surface area (Å²) in [6, 6.07) is 8.87. The molecule has 1 aromatic heterocycles. The Morgan fingerprint density at radius 2 is 1.75 bits per heavy atom. The normalized spacial score (nSPS) is 13.8. The molecular formula is C18H18ClN3O2. The Bertz CT molecular complexity index is 740. The van der Waals surface area contributed by atoms with Gasteiger partial charge < -0.3 is 10.2 Å². The third-order valence-electron chi connectivity index (χ3n) is 4.01. The van der Waals surface area contributed by atoms with Crippen LogP contribution in [0.3, 0.4) is 0 Å². The van der Waals surface area contributed by atoms with Crippen molar-refractivity contribution in [2.24, 2.45) is 0 Å². The fourth-order valence-corrected chi connectivity index (χ4v) is 2.80. The fourth-order valence-electron chi connectivity index (χ4n) is 2.67. The molecule has 1 saturated heterocycles. The third kappa shape index (κ3) is 3.92. The minimum absolute atomic E-state index is 0.0626. The van der Waals surface area contributed by atoms with Crippen LogP contribution in [0.5, 0.6) is 0 Å². The van der Waals surface area contributed by atoms with Gasteiger partial charge in [0.15, 0.2) is 0 Å². The monoisotopic (exact) mass is 343 g/mol. The number of hydrogen-bond donors (Lipinski definition) is 1. The van der Waals surface area contributed by atoms with Crippen LogP contribution in [0.2, 0.25) is 5.02 Å². The highest BCUT2D eigenvalue weighted by Gasteiger charge is 2.20. The Hall–Kier alpha value is -2.40. The average Bonchev–Trinajstić information content (AvgIpc) is 3.15. The molecule has 1 N–H and O–H groups in total. The topological polar surface area (TPSA) is 62.3 Å². The van der Waals surface area contributed by atoms with Gasteiger partial charge in [0, 0.05) is 37.1 Å². The molecule has 0 atom stereocenters. The summed E-state index contributed by atoms with van der Waals surface area (Å²) in [6.45, 7) is 1.93. The average molecular weight is 344 g/mol. The number of nitrogens with zero attached hydrogens (tertiary/aromatic N) is 2. The SMILES string of the molecule is O=C(NCc1ccc(Cl)cc1)c1cncc(C(=O)N2CCCC2)c1. The second kappa shape index (κ2) is 7.45. The molecule has 3 rings (SSSR count). The molecule has 2 amide bonds. The van der Waals surface area contributed by atoms with Crippen LogP contribution in [-0.4, -0.2) is 34.8 Å². The molecular weight excluding hydrogens is 326 g/mol. The van der Waals surface area contributed by atoms with E-state index in [-0.39, 0.29) is 11.8 Å². The predicted octanol–water partition coefficient (Wildman–Crippen LogP) is 2.90. The van der Waals surface area contributed by atoms with Crippen LogP contribution < -0.4 is 5.32 Å². The summed E-state index contributed by atoms with van der Waals surface area (Å²) in [4.78, 5) is 30.5. The fraction of sp³-hybridized carbons (Fsp3) is 0.278. The van der Waals surface area contributed by atoms with Gasteiger partial charge in [-0.25, -0.2) is 0 Å². The van der Waals surface area contributed by atoms with Crippen LogP contribution in [-0.2, 0) is 6.54 Å². The van der Waals surface area contributed by atoms with Crippen LogP contribution in [0.15, 0.2) is 42.7 Å². The number of hydrogen-bond acceptors (Lipinski definition) is 3. The van der Waals surface area contributed by atoms with E-state index < -0.39 is 0 Å². The summed E-state index contributed by atoms with van der Waals surface area (Å²) < 4.78 is 0. The van der Waals surface area contributed by atoms with E-state index in [9.17, 15) is 9.59 Å². The lowest BCUT2D eigenvalue weighted by atomic mass is 10.1. The Labute approximate surface area is 145 Å². The van der Waals surface area contributed by atoms with Crippen molar-refractivity contribution in [3.8, 4) is 0 Å². The maximum atomic E-state index is 12.4. The highest BCUT2D eigenvalue weighted by molar-refractivity contribution is 6.30. The lowest BCUT2D eigenvalue weighted by molar-refractivity contribution is 0.0792. The van der Waals surface area contributed by atoms with Gasteiger partial charge in [0.25, 0.3) is 11.8 Å².